The van der Waals surface area contributed by atoms with Crippen molar-refractivity contribution in [3.05, 3.63) is 225 Å². The summed E-state index contributed by atoms with van der Waals surface area (Å²) in [7, 11) is 0. The molecule has 0 unspecified atom stereocenters. The standard InChI is InChI=1S/C64H46N2O6/c67-61-55-39-33-47(59(71-51-17-3-1-4-18-51)57(55)63(69)65(61)49-35-29-43(30-36-49)41-13-7-8-14-41)27-25-45-23-24-46(54-22-12-11-21-53(45)54)26-28-48-34-40-56-58(60(48)72-52-19-5-2-6-20-52)64(70)66(62(56)68)50-37-31-44(32-38-50)42-15-9-10-16-42/h1-6,11-12,17-24,29-42H,7-10,13-16H2. The Bertz CT molecular complexity index is 3380. The molecule has 72 heavy (non-hydrogen) atoms. The van der Waals surface area contributed by atoms with Crippen LogP contribution in [-0.2, 0) is 0 Å². The maximum absolute atomic E-state index is 14.4. The monoisotopic (exact) mass is 938 g/mol. The van der Waals surface area contributed by atoms with Crippen LogP contribution >= 0.6 is 0 Å². The van der Waals surface area contributed by atoms with Crippen molar-refractivity contribution >= 4 is 45.8 Å². The molecule has 8 nitrogen and oxygen atoms in total. The van der Waals surface area contributed by atoms with Crippen LogP contribution in [0.25, 0.3) is 10.8 Å². The van der Waals surface area contributed by atoms with Gasteiger partial charge in [-0.15, -0.1) is 0 Å². The molecular weight excluding hydrogens is 893 g/mol. The molecule has 0 atom stereocenters. The zero-order valence-corrected chi connectivity index (χ0v) is 39.3. The highest BCUT2D eigenvalue weighted by Gasteiger charge is 2.42. The van der Waals surface area contributed by atoms with Gasteiger partial charge in [-0.25, -0.2) is 9.80 Å². The number of nitrogens with zero attached hydrogens (tertiary/aromatic N) is 2. The van der Waals surface area contributed by atoms with Gasteiger partial charge in [-0.2, -0.15) is 0 Å². The minimum Gasteiger partial charge on any atom is -0.455 e. The van der Waals surface area contributed by atoms with Crippen LogP contribution in [0, 0.1) is 23.7 Å². The average molecular weight is 939 g/mol. The van der Waals surface area contributed by atoms with Gasteiger partial charge >= 0.3 is 0 Å². The maximum Gasteiger partial charge on any atom is 0.269 e. The second-order valence-corrected chi connectivity index (χ2v) is 18.8. The molecule has 8 heteroatoms. The van der Waals surface area contributed by atoms with Crippen LogP contribution in [0.1, 0.15) is 138 Å². The molecule has 2 aliphatic carbocycles. The molecule has 8 aromatic rings. The number of rotatable bonds is 8. The van der Waals surface area contributed by atoms with Crippen molar-refractivity contribution in [2.24, 2.45) is 0 Å². The third-order valence-corrected chi connectivity index (χ3v) is 14.5. The molecule has 4 amide bonds. The lowest BCUT2D eigenvalue weighted by atomic mass is 9.97. The van der Waals surface area contributed by atoms with E-state index in [0.29, 0.717) is 57.0 Å². The number of amides is 4. The van der Waals surface area contributed by atoms with Gasteiger partial charge in [0, 0.05) is 11.1 Å². The van der Waals surface area contributed by atoms with Gasteiger partial charge in [-0.3, -0.25) is 19.2 Å². The number of anilines is 2. The van der Waals surface area contributed by atoms with Crippen LogP contribution in [0.15, 0.2) is 170 Å². The highest BCUT2D eigenvalue weighted by Crippen LogP contribution is 2.42. The molecule has 0 bridgehead atoms. The summed E-state index contributed by atoms with van der Waals surface area (Å²) in [6.45, 7) is 0. The average Bonchev–Trinajstić information content (AvgIpc) is 4.25. The van der Waals surface area contributed by atoms with E-state index in [1.807, 2.05) is 121 Å². The fourth-order valence-corrected chi connectivity index (χ4v) is 10.8. The third kappa shape index (κ3) is 8.07. The van der Waals surface area contributed by atoms with Gasteiger partial charge in [0.15, 0.2) is 11.5 Å². The fourth-order valence-electron chi connectivity index (χ4n) is 10.8. The van der Waals surface area contributed by atoms with Crippen LogP contribution in [-0.4, -0.2) is 23.6 Å². The molecule has 2 fully saturated rings. The van der Waals surface area contributed by atoms with Crippen LogP contribution in [0.2, 0.25) is 0 Å². The summed E-state index contributed by atoms with van der Waals surface area (Å²) in [6.07, 6.45) is 9.46. The lowest BCUT2D eigenvalue weighted by molar-refractivity contribution is 0.0909. The predicted octanol–water partition coefficient (Wildman–Crippen LogP) is 14.1. The second kappa shape index (κ2) is 18.7. The number of hydrogen-bond donors (Lipinski definition) is 0. The number of ether oxygens (including phenoxy) is 2. The lowest BCUT2D eigenvalue weighted by Crippen LogP contribution is -2.29. The summed E-state index contributed by atoms with van der Waals surface area (Å²) in [4.78, 5) is 59.3. The Labute approximate surface area is 417 Å². The third-order valence-electron chi connectivity index (χ3n) is 14.5. The number of fused-ring (bicyclic) bond motifs is 3. The first-order chi connectivity index (χ1) is 35.4. The zero-order valence-electron chi connectivity index (χ0n) is 39.3. The van der Waals surface area contributed by atoms with Gasteiger partial charge in [-0.1, -0.05) is 134 Å². The molecule has 2 aliphatic heterocycles. The van der Waals surface area contributed by atoms with Crippen molar-refractivity contribution in [2.75, 3.05) is 9.80 Å². The Morgan fingerprint density at radius 1 is 0.361 bits per heavy atom. The number of carbonyl (C=O) groups is 4. The highest BCUT2D eigenvalue weighted by atomic mass is 16.5. The molecule has 0 radical (unpaired) electrons. The van der Waals surface area contributed by atoms with Crippen molar-refractivity contribution in [2.45, 2.75) is 63.2 Å². The minimum absolute atomic E-state index is 0.167. The smallest absolute Gasteiger partial charge is 0.269 e. The van der Waals surface area contributed by atoms with Gasteiger partial charge in [0.05, 0.1) is 44.8 Å². The Morgan fingerprint density at radius 3 is 1.10 bits per heavy atom. The summed E-state index contributed by atoms with van der Waals surface area (Å²) in [6, 6.07) is 52.3. The summed E-state index contributed by atoms with van der Waals surface area (Å²) in [5, 5.41) is 1.68. The van der Waals surface area contributed by atoms with Crippen LogP contribution in [0.4, 0.5) is 11.4 Å². The van der Waals surface area contributed by atoms with Crippen molar-refractivity contribution in [3.8, 4) is 46.7 Å². The molecule has 2 heterocycles. The summed E-state index contributed by atoms with van der Waals surface area (Å²) in [5.74, 6) is 14.0. The lowest BCUT2D eigenvalue weighted by Gasteiger charge is -2.16. The summed E-state index contributed by atoms with van der Waals surface area (Å²) >= 11 is 0. The van der Waals surface area contributed by atoms with E-state index in [-0.39, 0.29) is 33.8 Å². The summed E-state index contributed by atoms with van der Waals surface area (Å²) < 4.78 is 13.0. The predicted molar refractivity (Wildman–Crippen MR) is 279 cm³/mol. The Kier molecular flexibility index (Phi) is 11.5. The first kappa shape index (κ1) is 44.2. The molecule has 2 saturated carbocycles. The van der Waals surface area contributed by atoms with Crippen molar-refractivity contribution in [1.82, 2.24) is 0 Å². The SMILES string of the molecule is O=C1c2ccc(C#Cc3ccc(C#Cc4ccc5c(c4Oc4ccccc4)C(=O)N(c4ccc(C6CCCC6)cc4)C5=O)c4ccccc34)c(Oc3ccccc3)c2C(=O)N1c1ccc(C2CCCC2)cc1. The summed E-state index contributed by atoms with van der Waals surface area (Å²) in [5.41, 5.74) is 6.63. The molecular formula is C64H46N2O6. The van der Waals surface area contributed by atoms with E-state index in [2.05, 4.69) is 23.7 Å². The van der Waals surface area contributed by atoms with E-state index in [0.717, 1.165) is 36.5 Å². The second-order valence-electron chi connectivity index (χ2n) is 18.8. The zero-order chi connectivity index (χ0) is 48.7. The fraction of sp³-hybridized carbons (Fsp3) is 0.156. The van der Waals surface area contributed by atoms with E-state index in [4.69, 9.17) is 9.47 Å². The first-order valence-corrected chi connectivity index (χ1v) is 24.7. The Balaban J connectivity index is 0.885. The van der Waals surface area contributed by atoms with Crippen LogP contribution in [0.3, 0.4) is 0 Å². The van der Waals surface area contributed by atoms with Crippen molar-refractivity contribution in [3.63, 3.8) is 0 Å². The highest BCUT2D eigenvalue weighted by molar-refractivity contribution is 6.36. The number of benzene rings is 8. The van der Waals surface area contributed by atoms with Gasteiger partial charge in [0.1, 0.15) is 11.5 Å². The largest absolute Gasteiger partial charge is 0.455 e. The van der Waals surface area contributed by atoms with Crippen molar-refractivity contribution < 1.29 is 28.7 Å². The van der Waals surface area contributed by atoms with Gasteiger partial charge in [-0.05, 0) is 144 Å². The number of hydrogen-bond acceptors (Lipinski definition) is 6. The van der Waals surface area contributed by atoms with Crippen molar-refractivity contribution in [1.29, 1.82) is 0 Å². The van der Waals surface area contributed by atoms with E-state index in [9.17, 15) is 19.2 Å². The quantitative estimate of drug-likeness (QED) is 0.111. The van der Waals surface area contributed by atoms with Crippen LogP contribution < -0.4 is 19.3 Å². The van der Waals surface area contributed by atoms with Crippen LogP contribution in [0.5, 0.6) is 23.0 Å². The molecule has 0 N–H and O–H groups in total. The minimum atomic E-state index is -0.468. The van der Waals surface area contributed by atoms with E-state index in [1.165, 1.54) is 46.6 Å². The topological polar surface area (TPSA) is 93.2 Å². The Hall–Kier alpha value is -8.98. The molecule has 8 aromatic carbocycles. The number of para-hydroxylation sites is 2. The van der Waals surface area contributed by atoms with E-state index in [1.54, 1.807) is 48.5 Å². The van der Waals surface area contributed by atoms with Gasteiger partial charge in [0.2, 0.25) is 0 Å². The van der Waals surface area contributed by atoms with E-state index < -0.39 is 23.6 Å². The molecule has 4 aliphatic rings. The van der Waals surface area contributed by atoms with Gasteiger partial charge in [0.25, 0.3) is 23.6 Å². The van der Waals surface area contributed by atoms with Gasteiger partial charge < -0.3 is 9.47 Å². The Morgan fingerprint density at radius 2 is 0.708 bits per heavy atom. The molecule has 348 valence electrons. The first-order valence-electron chi connectivity index (χ1n) is 24.7. The number of imide groups is 2. The van der Waals surface area contributed by atoms with E-state index >= 15 is 0 Å². The normalized spacial score (nSPS) is 15.3. The molecule has 12 rings (SSSR count). The molecule has 0 saturated heterocycles. The molecule has 0 aromatic heterocycles. The molecule has 0 spiro atoms. The number of carbonyl (C=O) groups excluding carboxylic acids is 4. The maximum atomic E-state index is 14.4.